The van der Waals surface area contributed by atoms with E-state index in [2.05, 4.69) is 267 Å². The van der Waals surface area contributed by atoms with Gasteiger partial charge >= 0.3 is 0 Å². The minimum absolute atomic E-state index is 0.214. The van der Waals surface area contributed by atoms with Gasteiger partial charge in [-0.05, 0) is 131 Å². The Hall–Kier alpha value is -8.98. The molecular formula is C69H47NO. The first kappa shape index (κ1) is 41.0. The van der Waals surface area contributed by atoms with E-state index in [1.54, 1.807) is 0 Å². The fourth-order valence-corrected chi connectivity index (χ4v) is 11.9. The Balaban J connectivity index is 1.13. The number of furan rings is 1. The molecule has 0 fully saturated rings. The molecule has 0 N–H and O–H groups in total. The highest BCUT2D eigenvalue weighted by Crippen LogP contribution is 2.54. The Kier molecular flexibility index (Phi) is 9.28. The molecule has 14 rings (SSSR count). The van der Waals surface area contributed by atoms with Crippen LogP contribution in [0, 0.1) is 0 Å². The van der Waals surface area contributed by atoms with E-state index in [1.165, 1.54) is 76.8 Å². The van der Waals surface area contributed by atoms with Crippen molar-refractivity contribution < 1.29 is 4.42 Å². The Morgan fingerprint density at radius 2 is 0.817 bits per heavy atom. The summed E-state index contributed by atoms with van der Waals surface area (Å²) >= 11 is 0. The molecule has 0 atom stereocenters. The second kappa shape index (κ2) is 16.1. The Morgan fingerprint density at radius 1 is 0.296 bits per heavy atom. The predicted molar refractivity (Wildman–Crippen MR) is 300 cm³/mol. The van der Waals surface area contributed by atoms with Gasteiger partial charge in [-0.15, -0.1) is 0 Å². The highest BCUT2D eigenvalue weighted by Gasteiger charge is 2.36. The van der Waals surface area contributed by atoms with Gasteiger partial charge in [-0.3, -0.25) is 0 Å². The third-order valence-corrected chi connectivity index (χ3v) is 15.3. The van der Waals surface area contributed by atoms with E-state index < -0.39 is 0 Å². The number of fused-ring (bicyclic) bond motifs is 12. The normalized spacial score (nSPS) is 12.8. The van der Waals surface area contributed by atoms with Crippen LogP contribution in [0.1, 0.15) is 25.0 Å². The van der Waals surface area contributed by atoms with Gasteiger partial charge < -0.3 is 9.32 Å². The van der Waals surface area contributed by atoms with Crippen LogP contribution < -0.4 is 4.90 Å². The molecule has 0 amide bonds. The molecule has 71 heavy (non-hydrogen) atoms. The molecule has 13 aromatic rings. The van der Waals surface area contributed by atoms with Gasteiger partial charge in [-0.25, -0.2) is 0 Å². The van der Waals surface area contributed by atoms with Crippen molar-refractivity contribution in [2.75, 3.05) is 4.90 Å². The minimum atomic E-state index is -0.214. The van der Waals surface area contributed by atoms with Crippen molar-refractivity contribution in [1.82, 2.24) is 0 Å². The first-order valence-electron chi connectivity index (χ1n) is 24.7. The molecule has 0 spiro atoms. The maximum absolute atomic E-state index is 6.68. The fourth-order valence-electron chi connectivity index (χ4n) is 11.9. The topological polar surface area (TPSA) is 16.4 Å². The van der Waals surface area contributed by atoms with Gasteiger partial charge in [0.1, 0.15) is 11.2 Å². The van der Waals surface area contributed by atoms with Crippen molar-refractivity contribution in [3.05, 3.63) is 260 Å². The molecule has 0 saturated heterocycles. The molecule has 2 nitrogen and oxygen atoms in total. The summed E-state index contributed by atoms with van der Waals surface area (Å²) in [4.78, 5) is 2.58. The van der Waals surface area contributed by atoms with E-state index in [4.69, 9.17) is 4.42 Å². The Bertz CT molecular complexity index is 4210. The Morgan fingerprint density at radius 3 is 1.52 bits per heavy atom. The standard InChI is InChI=1S/C69H47NO/c1-69(2)62-31-17-16-28-56(62)57-37-35-49(43-63(57)69)70(48-34-36-50(44-19-6-3-7-20-44)60(42-48)46-23-10-5-11-24-46)68-52(38-39-59-55-27-13-12-25-53(55)54-26-14-15-29-58(54)67(59)68)47-33-40-64-61(41-47)66-51(30-18-32-65(66)71-64)45-21-8-4-9-22-45/h3-43H,1-2H3. The van der Waals surface area contributed by atoms with Crippen LogP contribution in [-0.4, -0.2) is 0 Å². The first-order chi connectivity index (χ1) is 35.0. The predicted octanol–water partition coefficient (Wildman–Crippen LogP) is 19.5. The van der Waals surface area contributed by atoms with Crippen LogP contribution in [0.2, 0.25) is 0 Å². The van der Waals surface area contributed by atoms with Gasteiger partial charge in [0, 0.05) is 38.5 Å². The van der Waals surface area contributed by atoms with Crippen LogP contribution in [0.5, 0.6) is 0 Å². The van der Waals surface area contributed by atoms with Gasteiger partial charge in [0.25, 0.3) is 0 Å². The van der Waals surface area contributed by atoms with E-state index in [1.807, 2.05) is 0 Å². The molecule has 0 bridgehead atoms. The zero-order valence-electron chi connectivity index (χ0n) is 39.5. The number of anilines is 3. The fraction of sp³-hybridized carbons (Fsp3) is 0.0435. The Labute approximate surface area is 413 Å². The molecular weight excluding hydrogens is 859 g/mol. The van der Waals surface area contributed by atoms with Crippen LogP contribution in [0.4, 0.5) is 17.1 Å². The van der Waals surface area contributed by atoms with Crippen LogP contribution in [-0.2, 0) is 5.41 Å². The molecule has 1 heterocycles. The number of hydrogen-bond acceptors (Lipinski definition) is 2. The van der Waals surface area contributed by atoms with Gasteiger partial charge in [0.05, 0.1) is 5.69 Å². The van der Waals surface area contributed by atoms with Gasteiger partial charge in [0.15, 0.2) is 0 Å². The van der Waals surface area contributed by atoms with Crippen LogP contribution in [0.15, 0.2) is 253 Å². The van der Waals surface area contributed by atoms with Crippen LogP contribution in [0.3, 0.4) is 0 Å². The quantitative estimate of drug-likeness (QED) is 0.148. The number of nitrogens with zero attached hydrogens (tertiary/aromatic N) is 1. The summed E-state index contributed by atoms with van der Waals surface area (Å²) in [5.41, 5.74) is 19.4. The highest BCUT2D eigenvalue weighted by atomic mass is 16.3. The SMILES string of the molecule is CC1(C)c2ccccc2-c2ccc(N(c3ccc(-c4ccccc4)c(-c4ccccc4)c3)c3c(-c4ccc5oc6cccc(-c7ccccc7)c6c5c4)ccc4c5ccccc5c5ccccc5c34)cc21. The monoisotopic (exact) mass is 905 g/mol. The molecule has 2 heteroatoms. The third kappa shape index (κ3) is 6.42. The van der Waals surface area contributed by atoms with Crippen molar-refractivity contribution in [1.29, 1.82) is 0 Å². The smallest absolute Gasteiger partial charge is 0.136 e. The van der Waals surface area contributed by atoms with E-state index in [0.717, 1.165) is 61.3 Å². The lowest BCUT2D eigenvalue weighted by Crippen LogP contribution is -2.17. The summed E-state index contributed by atoms with van der Waals surface area (Å²) in [6.07, 6.45) is 0. The molecule has 1 aromatic heterocycles. The van der Waals surface area contributed by atoms with Gasteiger partial charge in [-0.2, -0.15) is 0 Å². The highest BCUT2D eigenvalue weighted by molar-refractivity contribution is 6.30. The maximum Gasteiger partial charge on any atom is 0.136 e. The number of benzene rings is 12. The van der Waals surface area contributed by atoms with E-state index >= 15 is 0 Å². The van der Waals surface area contributed by atoms with Crippen molar-refractivity contribution in [2.24, 2.45) is 0 Å². The van der Waals surface area contributed by atoms with Crippen molar-refractivity contribution >= 4 is 71.3 Å². The lowest BCUT2D eigenvalue weighted by atomic mass is 9.82. The molecule has 12 aromatic carbocycles. The summed E-state index contributed by atoms with van der Waals surface area (Å²) in [6.45, 7) is 4.76. The molecule has 1 aliphatic rings. The van der Waals surface area contributed by atoms with Crippen molar-refractivity contribution in [2.45, 2.75) is 19.3 Å². The maximum atomic E-state index is 6.68. The molecule has 0 unspecified atom stereocenters. The van der Waals surface area contributed by atoms with Crippen LogP contribution >= 0.6 is 0 Å². The molecule has 0 radical (unpaired) electrons. The molecule has 334 valence electrons. The summed E-state index contributed by atoms with van der Waals surface area (Å²) in [6, 6.07) is 91.5. The number of rotatable bonds is 7. The third-order valence-electron chi connectivity index (χ3n) is 15.3. The summed E-state index contributed by atoms with van der Waals surface area (Å²) in [5, 5.41) is 9.54. The summed E-state index contributed by atoms with van der Waals surface area (Å²) in [5.74, 6) is 0. The summed E-state index contributed by atoms with van der Waals surface area (Å²) < 4.78 is 6.68. The largest absolute Gasteiger partial charge is 0.456 e. The van der Waals surface area contributed by atoms with E-state index in [9.17, 15) is 0 Å². The van der Waals surface area contributed by atoms with Crippen LogP contribution in [0.25, 0.3) is 110 Å². The van der Waals surface area contributed by atoms with E-state index in [-0.39, 0.29) is 5.41 Å². The second-order valence-electron chi connectivity index (χ2n) is 19.5. The molecule has 1 aliphatic carbocycles. The van der Waals surface area contributed by atoms with E-state index in [0.29, 0.717) is 0 Å². The van der Waals surface area contributed by atoms with Gasteiger partial charge in [0.2, 0.25) is 0 Å². The minimum Gasteiger partial charge on any atom is -0.456 e. The molecule has 0 aliphatic heterocycles. The average molecular weight is 906 g/mol. The summed E-state index contributed by atoms with van der Waals surface area (Å²) in [7, 11) is 0. The molecule has 0 saturated carbocycles. The number of hydrogen-bond donors (Lipinski definition) is 0. The zero-order chi connectivity index (χ0) is 47.2. The van der Waals surface area contributed by atoms with Crippen molar-refractivity contribution in [3.63, 3.8) is 0 Å². The lowest BCUT2D eigenvalue weighted by Gasteiger charge is -2.32. The lowest BCUT2D eigenvalue weighted by molar-refractivity contribution is 0.660. The van der Waals surface area contributed by atoms with Crippen molar-refractivity contribution in [3.8, 4) is 55.6 Å². The van der Waals surface area contributed by atoms with Gasteiger partial charge in [-0.1, -0.05) is 220 Å². The zero-order valence-corrected chi connectivity index (χ0v) is 39.5. The second-order valence-corrected chi connectivity index (χ2v) is 19.5. The first-order valence-corrected chi connectivity index (χ1v) is 24.7. The average Bonchev–Trinajstić information content (AvgIpc) is 3.93.